The fourth-order valence-corrected chi connectivity index (χ4v) is 3.66. The van der Waals surface area contributed by atoms with E-state index in [4.69, 9.17) is 9.47 Å². The Balaban J connectivity index is 0.00000192. The monoisotopic (exact) mass is 340 g/mol. The van der Waals surface area contributed by atoms with Gasteiger partial charge in [-0.3, -0.25) is 4.79 Å². The summed E-state index contributed by atoms with van der Waals surface area (Å²) in [4.78, 5) is 12.5. The second kappa shape index (κ2) is 7.88. The van der Waals surface area contributed by atoms with Gasteiger partial charge < -0.3 is 20.1 Å². The van der Waals surface area contributed by atoms with Gasteiger partial charge in [0.15, 0.2) is 11.5 Å². The van der Waals surface area contributed by atoms with Crippen molar-refractivity contribution in [1.29, 1.82) is 0 Å². The Hall–Kier alpha value is -1.46. The molecule has 1 saturated carbocycles. The van der Waals surface area contributed by atoms with Crippen LogP contribution >= 0.6 is 12.4 Å². The smallest absolute Gasteiger partial charge is 0.241 e. The normalized spacial score (nSPS) is 25.9. The standard InChI is InChI=1S/C17H24N2O3.ClH/c1-21-15-8-7-12(10-16(15)22-2)18-17(20)14-9-11-5-3-4-6-13(11)19-14;/h7-8,10-11,13-14,19H,3-6,9H2,1-2H3,(H,18,20);1H. The Morgan fingerprint density at radius 1 is 1.17 bits per heavy atom. The number of carbonyl (C=O) groups excluding carboxylic acids is 1. The molecule has 1 aromatic carbocycles. The lowest BCUT2D eigenvalue weighted by molar-refractivity contribution is -0.117. The molecule has 23 heavy (non-hydrogen) atoms. The Bertz CT molecular complexity index is 539. The minimum absolute atomic E-state index is 0. The van der Waals surface area contributed by atoms with Gasteiger partial charge in [-0.1, -0.05) is 12.8 Å². The van der Waals surface area contributed by atoms with E-state index in [2.05, 4.69) is 10.6 Å². The Morgan fingerprint density at radius 2 is 1.91 bits per heavy atom. The molecule has 3 rings (SSSR count). The first-order chi connectivity index (χ1) is 10.7. The van der Waals surface area contributed by atoms with E-state index in [0.29, 0.717) is 23.5 Å². The largest absolute Gasteiger partial charge is 0.493 e. The topological polar surface area (TPSA) is 59.6 Å². The highest BCUT2D eigenvalue weighted by atomic mass is 35.5. The summed E-state index contributed by atoms with van der Waals surface area (Å²) in [5, 5.41) is 6.48. The van der Waals surface area contributed by atoms with E-state index in [1.54, 1.807) is 26.4 Å². The van der Waals surface area contributed by atoms with Gasteiger partial charge in [0.05, 0.1) is 20.3 Å². The predicted octanol–water partition coefficient (Wildman–Crippen LogP) is 2.98. The van der Waals surface area contributed by atoms with Gasteiger partial charge in [0.25, 0.3) is 0 Å². The SMILES string of the molecule is COc1ccc(NC(=O)C2CC3CCCCC3N2)cc1OC.Cl. The minimum atomic E-state index is -0.0822. The van der Waals surface area contributed by atoms with Crippen LogP contribution in [0.1, 0.15) is 32.1 Å². The first-order valence-corrected chi connectivity index (χ1v) is 8.00. The zero-order chi connectivity index (χ0) is 15.5. The van der Waals surface area contributed by atoms with Crippen molar-refractivity contribution in [3.63, 3.8) is 0 Å². The molecule has 5 nitrogen and oxygen atoms in total. The van der Waals surface area contributed by atoms with E-state index in [9.17, 15) is 4.79 Å². The number of rotatable bonds is 4. The molecule has 128 valence electrons. The number of hydrogen-bond acceptors (Lipinski definition) is 4. The molecule has 0 spiro atoms. The molecular formula is C17H25ClN2O3. The minimum Gasteiger partial charge on any atom is -0.493 e. The average Bonchev–Trinajstić information content (AvgIpc) is 2.99. The second-order valence-corrected chi connectivity index (χ2v) is 6.16. The van der Waals surface area contributed by atoms with Crippen molar-refractivity contribution in [1.82, 2.24) is 5.32 Å². The number of ether oxygens (including phenoxy) is 2. The van der Waals surface area contributed by atoms with Crippen LogP contribution in [0, 0.1) is 5.92 Å². The summed E-state index contributed by atoms with van der Waals surface area (Å²) in [6.45, 7) is 0. The molecular weight excluding hydrogens is 316 g/mol. The highest BCUT2D eigenvalue weighted by molar-refractivity contribution is 5.95. The highest BCUT2D eigenvalue weighted by Gasteiger charge is 2.38. The van der Waals surface area contributed by atoms with Gasteiger partial charge in [-0.15, -0.1) is 12.4 Å². The maximum Gasteiger partial charge on any atom is 0.241 e. The van der Waals surface area contributed by atoms with Crippen molar-refractivity contribution < 1.29 is 14.3 Å². The van der Waals surface area contributed by atoms with Crippen LogP contribution in [-0.4, -0.2) is 32.2 Å². The Kier molecular flexibility index (Phi) is 6.13. The quantitative estimate of drug-likeness (QED) is 0.884. The van der Waals surface area contributed by atoms with Crippen LogP contribution in [0.5, 0.6) is 11.5 Å². The molecule has 1 aliphatic carbocycles. The van der Waals surface area contributed by atoms with Crippen LogP contribution < -0.4 is 20.1 Å². The summed E-state index contributed by atoms with van der Waals surface area (Å²) in [7, 11) is 3.19. The third kappa shape index (κ3) is 3.90. The van der Waals surface area contributed by atoms with Crippen LogP contribution in [0.15, 0.2) is 18.2 Å². The summed E-state index contributed by atoms with van der Waals surface area (Å²) in [6.07, 6.45) is 5.97. The number of carbonyl (C=O) groups is 1. The van der Waals surface area contributed by atoms with Crippen molar-refractivity contribution in [2.75, 3.05) is 19.5 Å². The molecule has 6 heteroatoms. The number of nitrogens with one attached hydrogen (secondary N) is 2. The third-order valence-corrected chi connectivity index (χ3v) is 4.83. The summed E-state index contributed by atoms with van der Waals surface area (Å²) in [6, 6.07) is 5.87. The van der Waals surface area contributed by atoms with E-state index in [1.165, 1.54) is 25.7 Å². The molecule has 0 aromatic heterocycles. The molecule has 1 saturated heterocycles. The predicted molar refractivity (Wildman–Crippen MR) is 92.7 cm³/mol. The van der Waals surface area contributed by atoms with E-state index in [1.807, 2.05) is 6.07 Å². The van der Waals surface area contributed by atoms with E-state index in [-0.39, 0.29) is 24.4 Å². The molecule has 1 aliphatic heterocycles. The third-order valence-electron chi connectivity index (χ3n) is 4.83. The average molecular weight is 341 g/mol. The van der Waals surface area contributed by atoms with Crippen molar-refractivity contribution >= 4 is 24.0 Å². The first kappa shape index (κ1) is 17.9. The van der Waals surface area contributed by atoms with Crippen molar-refractivity contribution in [2.24, 2.45) is 5.92 Å². The number of hydrogen-bond donors (Lipinski definition) is 2. The van der Waals surface area contributed by atoms with Crippen molar-refractivity contribution in [3.05, 3.63) is 18.2 Å². The molecule has 3 unspecified atom stereocenters. The Morgan fingerprint density at radius 3 is 2.61 bits per heavy atom. The lowest BCUT2D eigenvalue weighted by Gasteiger charge is -2.24. The zero-order valence-electron chi connectivity index (χ0n) is 13.6. The van der Waals surface area contributed by atoms with Crippen LogP contribution in [0.3, 0.4) is 0 Å². The van der Waals surface area contributed by atoms with Crippen LogP contribution in [0.4, 0.5) is 5.69 Å². The molecule has 2 N–H and O–H groups in total. The van der Waals surface area contributed by atoms with Gasteiger partial charge >= 0.3 is 0 Å². The number of benzene rings is 1. The molecule has 0 radical (unpaired) electrons. The maximum atomic E-state index is 12.5. The molecule has 2 fully saturated rings. The van der Waals surface area contributed by atoms with Gasteiger partial charge in [0.2, 0.25) is 5.91 Å². The van der Waals surface area contributed by atoms with Crippen LogP contribution in [-0.2, 0) is 4.79 Å². The molecule has 1 amide bonds. The molecule has 1 aromatic rings. The maximum absolute atomic E-state index is 12.5. The second-order valence-electron chi connectivity index (χ2n) is 6.16. The fourth-order valence-electron chi connectivity index (χ4n) is 3.66. The Labute approximate surface area is 143 Å². The zero-order valence-corrected chi connectivity index (χ0v) is 14.4. The molecule has 1 heterocycles. The van der Waals surface area contributed by atoms with E-state index in [0.717, 1.165) is 12.1 Å². The highest BCUT2D eigenvalue weighted by Crippen LogP contribution is 2.34. The van der Waals surface area contributed by atoms with Gasteiger partial charge in [-0.05, 0) is 37.3 Å². The van der Waals surface area contributed by atoms with Crippen molar-refractivity contribution in [2.45, 2.75) is 44.2 Å². The van der Waals surface area contributed by atoms with Gasteiger partial charge in [-0.2, -0.15) is 0 Å². The first-order valence-electron chi connectivity index (χ1n) is 8.00. The van der Waals surface area contributed by atoms with Crippen LogP contribution in [0.2, 0.25) is 0 Å². The van der Waals surface area contributed by atoms with Gasteiger partial charge in [0.1, 0.15) is 0 Å². The number of halogens is 1. The fraction of sp³-hybridized carbons (Fsp3) is 0.588. The van der Waals surface area contributed by atoms with E-state index >= 15 is 0 Å². The molecule has 0 bridgehead atoms. The number of anilines is 1. The summed E-state index contributed by atoms with van der Waals surface area (Å²) in [5.74, 6) is 1.98. The molecule has 2 aliphatic rings. The lowest BCUT2D eigenvalue weighted by Crippen LogP contribution is -2.39. The number of fused-ring (bicyclic) bond motifs is 1. The number of methoxy groups -OCH3 is 2. The van der Waals surface area contributed by atoms with Gasteiger partial charge in [0, 0.05) is 17.8 Å². The summed E-state index contributed by atoms with van der Waals surface area (Å²) < 4.78 is 10.5. The summed E-state index contributed by atoms with van der Waals surface area (Å²) >= 11 is 0. The number of amides is 1. The molecule has 3 atom stereocenters. The van der Waals surface area contributed by atoms with E-state index < -0.39 is 0 Å². The van der Waals surface area contributed by atoms with Crippen LogP contribution in [0.25, 0.3) is 0 Å². The summed E-state index contributed by atoms with van der Waals surface area (Å²) in [5.41, 5.74) is 0.735. The lowest BCUT2D eigenvalue weighted by atomic mass is 9.85. The van der Waals surface area contributed by atoms with Gasteiger partial charge in [-0.25, -0.2) is 0 Å². The van der Waals surface area contributed by atoms with Crippen molar-refractivity contribution in [3.8, 4) is 11.5 Å².